The Morgan fingerprint density at radius 3 is 2.70 bits per heavy atom. The third-order valence-corrected chi connectivity index (χ3v) is 4.16. The first kappa shape index (κ1) is 17.5. The number of amides is 2. The quantitative estimate of drug-likeness (QED) is 0.809. The fourth-order valence-electron chi connectivity index (χ4n) is 3.00. The first-order valence-corrected chi connectivity index (χ1v) is 8.14. The summed E-state index contributed by atoms with van der Waals surface area (Å²) in [6.45, 7) is 5.09. The van der Waals surface area contributed by atoms with Crippen molar-refractivity contribution in [1.29, 1.82) is 0 Å². The zero-order chi connectivity index (χ0) is 17.0. The second kappa shape index (κ2) is 7.13. The molecule has 2 rings (SSSR count). The van der Waals surface area contributed by atoms with Gasteiger partial charge >= 0.3 is 0 Å². The Kier molecular flexibility index (Phi) is 5.42. The highest BCUT2D eigenvalue weighted by atomic mass is 16.2. The van der Waals surface area contributed by atoms with Crippen molar-refractivity contribution in [2.45, 2.75) is 44.7 Å². The molecule has 0 saturated heterocycles. The van der Waals surface area contributed by atoms with E-state index in [4.69, 9.17) is 0 Å². The maximum atomic E-state index is 12.4. The van der Waals surface area contributed by atoms with Gasteiger partial charge in [-0.1, -0.05) is 18.2 Å². The first-order valence-electron chi connectivity index (χ1n) is 8.14. The van der Waals surface area contributed by atoms with Crippen LogP contribution < -0.4 is 10.6 Å². The Labute approximate surface area is 138 Å². The summed E-state index contributed by atoms with van der Waals surface area (Å²) in [5, 5.41) is 5.98. The minimum atomic E-state index is -0.241. The molecule has 1 atom stereocenters. The van der Waals surface area contributed by atoms with Gasteiger partial charge in [0.15, 0.2) is 0 Å². The molecule has 2 amide bonds. The lowest BCUT2D eigenvalue weighted by Crippen LogP contribution is -2.44. The minimum Gasteiger partial charge on any atom is -0.351 e. The molecule has 0 fully saturated rings. The van der Waals surface area contributed by atoms with E-state index in [9.17, 15) is 9.59 Å². The lowest BCUT2D eigenvalue weighted by Gasteiger charge is -2.27. The van der Waals surface area contributed by atoms with E-state index in [2.05, 4.69) is 15.5 Å². The highest BCUT2D eigenvalue weighted by Crippen LogP contribution is 2.27. The third kappa shape index (κ3) is 4.79. The van der Waals surface area contributed by atoms with Gasteiger partial charge in [-0.15, -0.1) is 0 Å². The molecule has 1 unspecified atom stereocenters. The number of nitrogens with one attached hydrogen (secondary N) is 2. The molecule has 23 heavy (non-hydrogen) atoms. The van der Waals surface area contributed by atoms with Crippen LogP contribution in [0.1, 0.15) is 55.1 Å². The fraction of sp³-hybridized carbons (Fsp3) is 0.556. The molecule has 1 aromatic rings. The van der Waals surface area contributed by atoms with Gasteiger partial charge in [-0.05, 0) is 59.0 Å². The molecule has 1 aromatic carbocycles. The Balaban J connectivity index is 1.89. The Morgan fingerprint density at radius 1 is 1.30 bits per heavy atom. The van der Waals surface area contributed by atoms with E-state index < -0.39 is 0 Å². The average Bonchev–Trinajstić information content (AvgIpc) is 2.74. The number of nitrogens with zero attached hydrogens (tertiary/aromatic N) is 1. The molecule has 2 N–H and O–H groups in total. The van der Waals surface area contributed by atoms with E-state index in [1.807, 2.05) is 46.1 Å². The monoisotopic (exact) mass is 317 g/mol. The van der Waals surface area contributed by atoms with Gasteiger partial charge < -0.3 is 15.5 Å². The van der Waals surface area contributed by atoms with E-state index in [0.29, 0.717) is 5.56 Å². The molecule has 5 nitrogen and oxygen atoms in total. The molecule has 5 heteroatoms. The molecule has 126 valence electrons. The van der Waals surface area contributed by atoms with Crippen LogP contribution in [0.5, 0.6) is 0 Å². The molecule has 0 aliphatic carbocycles. The zero-order valence-corrected chi connectivity index (χ0v) is 14.5. The molecule has 0 saturated carbocycles. The Hall–Kier alpha value is -1.88. The number of benzene rings is 1. The van der Waals surface area contributed by atoms with Gasteiger partial charge in [0.1, 0.15) is 0 Å². The van der Waals surface area contributed by atoms with Crippen LogP contribution >= 0.6 is 0 Å². The third-order valence-electron chi connectivity index (χ3n) is 4.16. The number of rotatable bonds is 7. The number of fused-ring (bicyclic) bond motifs is 1. The highest BCUT2D eigenvalue weighted by Gasteiger charge is 2.30. The van der Waals surface area contributed by atoms with Gasteiger partial charge in [0.05, 0.1) is 12.5 Å². The van der Waals surface area contributed by atoms with Gasteiger partial charge in [0, 0.05) is 11.1 Å². The number of carbonyl (C=O) groups excluding carboxylic acids is 2. The van der Waals surface area contributed by atoms with Crippen LogP contribution in [0.15, 0.2) is 24.3 Å². The van der Waals surface area contributed by atoms with Crippen molar-refractivity contribution in [2.75, 3.05) is 20.6 Å². The summed E-state index contributed by atoms with van der Waals surface area (Å²) in [6, 6.07) is 7.22. The predicted octanol–water partition coefficient (Wildman–Crippen LogP) is 2.10. The molecular formula is C18H27N3O2. The van der Waals surface area contributed by atoms with Crippen LogP contribution in [0.2, 0.25) is 0 Å². The van der Waals surface area contributed by atoms with E-state index in [-0.39, 0.29) is 29.8 Å². The molecule has 1 heterocycles. The number of carbonyl (C=O) groups is 2. The summed E-state index contributed by atoms with van der Waals surface area (Å²) >= 11 is 0. The maximum absolute atomic E-state index is 12.4. The lowest BCUT2D eigenvalue weighted by atomic mass is 9.97. The van der Waals surface area contributed by atoms with Crippen LogP contribution in [0, 0.1) is 0 Å². The molecule has 0 bridgehead atoms. The predicted molar refractivity (Wildman–Crippen MR) is 91.3 cm³/mol. The van der Waals surface area contributed by atoms with Gasteiger partial charge in [-0.25, -0.2) is 0 Å². The second-order valence-corrected chi connectivity index (χ2v) is 7.16. The number of hydrogen-bond donors (Lipinski definition) is 2. The smallest absolute Gasteiger partial charge is 0.252 e. The van der Waals surface area contributed by atoms with Crippen molar-refractivity contribution >= 4 is 11.8 Å². The molecular weight excluding hydrogens is 290 g/mol. The summed E-state index contributed by atoms with van der Waals surface area (Å²) in [7, 11) is 4.09. The van der Waals surface area contributed by atoms with E-state index in [1.165, 1.54) is 0 Å². The minimum absolute atomic E-state index is 0.0261. The van der Waals surface area contributed by atoms with Gasteiger partial charge in [0.2, 0.25) is 5.91 Å². The van der Waals surface area contributed by atoms with Gasteiger partial charge in [-0.2, -0.15) is 0 Å². The van der Waals surface area contributed by atoms with Crippen LogP contribution in [-0.2, 0) is 4.79 Å². The van der Waals surface area contributed by atoms with Crippen molar-refractivity contribution in [2.24, 2.45) is 0 Å². The van der Waals surface area contributed by atoms with E-state index >= 15 is 0 Å². The van der Waals surface area contributed by atoms with Crippen LogP contribution in [0.4, 0.5) is 0 Å². The lowest BCUT2D eigenvalue weighted by molar-refractivity contribution is -0.123. The normalized spacial score (nSPS) is 17.1. The van der Waals surface area contributed by atoms with Gasteiger partial charge in [0.25, 0.3) is 5.91 Å². The van der Waals surface area contributed by atoms with Crippen LogP contribution in [0.3, 0.4) is 0 Å². The second-order valence-electron chi connectivity index (χ2n) is 7.16. The molecule has 0 spiro atoms. The fourth-order valence-corrected chi connectivity index (χ4v) is 3.00. The summed E-state index contributed by atoms with van der Waals surface area (Å²) in [6.07, 6.45) is 2.23. The molecule has 1 aliphatic rings. The van der Waals surface area contributed by atoms with Crippen molar-refractivity contribution in [1.82, 2.24) is 15.5 Å². The topological polar surface area (TPSA) is 61.4 Å². The summed E-state index contributed by atoms with van der Waals surface area (Å²) in [5.74, 6) is -0.120. The Bertz CT molecular complexity index is 581. The van der Waals surface area contributed by atoms with Crippen molar-refractivity contribution in [3.05, 3.63) is 35.4 Å². The molecule has 0 radical (unpaired) electrons. The largest absolute Gasteiger partial charge is 0.351 e. The van der Waals surface area contributed by atoms with Crippen LogP contribution in [-0.4, -0.2) is 42.9 Å². The maximum Gasteiger partial charge on any atom is 0.252 e. The standard InChI is InChI=1S/C18H27N3O2/c1-18(2,10-7-11-21(3)4)20-16(22)12-15-13-8-5-6-9-14(13)17(23)19-15/h5-6,8-9,15H,7,10-12H2,1-4H3,(H,19,23)(H,20,22). The van der Waals surface area contributed by atoms with E-state index in [0.717, 1.165) is 24.9 Å². The summed E-state index contributed by atoms with van der Waals surface area (Å²) < 4.78 is 0. The SMILES string of the molecule is CN(C)CCCC(C)(C)NC(=O)CC1NC(=O)c2ccccc21. The van der Waals surface area contributed by atoms with Crippen molar-refractivity contribution < 1.29 is 9.59 Å². The molecule has 1 aliphatic heterocycles. The van der Waals surface area contributed by atoms with E-state index in [1.54, 1.807) is 6.07 Å². The average molecular weight is 317 g/mol. The van der Waals surface area contributed by atoms with Gasteiger partial charge in [-0.3, -0.25) is 9.59 Å². The first-order chi connectivity index (χ1) is 10.8. The highest BCUT2D eigenvalue weighted by molar-refractivity contribution is 5.99. The van der Waals surface area contributed by atoms with Crippen molar-refractivity contribution in [3.8, 4) is 0 Å². The van der Waals surface area contributed by atoms with Crippen molar-refractivity contribution in [3.63, 3.8) is 0 Å². The number of hydrogen-bond acceptors (Lipinski definition) is 3. The zero-order valence-electron chi connectivity index (χ0n) is 14.5. The van der Waals surface area contributed by atoms with Crippen LogP contribution in [0.25, 0.3) is 0 Å². The Morgan fingerprint density at radius 2 is 2.00 bits per heavy atom. The molecule has 0 aromatic heterocycles. The summed E-state index contributed by atoms with van der Waals surface area (Å²) in [4.78, 5) is 26.4. The summed E-state index contributed by atoms with van der Waals surface area (Å²) in [5.41, 5.74) is 1.35.